The molecule has 0 amide bonds. The maximum Gasteiger partial charge on any atom is 0.303 e. The van der Waals surface area contributed by atoms with Crippen LogP contribution in [0.15, 0.2) is 0 Å². The summed E-state index contributed by atoms with van der Waals surface area (Å²) in [6.45, 7) is 5.39. The van der Waals surface area contributed by atoms with E-state index < -0.39 is 60.4 Å². The van der Waals surface area contributed by atoms with Gasteiger partial charge in [-0.3, -0.25) is 19.2 Å². The Kier molecular flexibility index (Phi) is 18.0. The zero-order valence-corrected chi connectivity index (χ0v) is 33.1. The van der Waals surface area contributed by atoms with Gasteiger partial charge in [-0.05, 0) is 62.7 Å². The molecule has 4 aliphatic rings. The number of carboxylic acids is 2. The van der Waals surface area contributed by atoms with Crippen LogP contribution >= 0.6 is 0 Å². The molecule has 4 unspecified atom stereocenters. The van der Waals surface area contributed by atoms with Crippen LogP contribution in [0, 0.1) is 29.6 Å². The highest BCUT2D eigenvalue weighted by Crippen LogP contribution is 2.51. The van der Waals surface area contributed by atoms with Crippen molar-refractivity contribution < 1.29 is 66.6 Å². The van der Waals surface area contributed by atoms with E-state index >= 15 is 0 Å². The van der Waals surface area contributed by atoms with Gasteiger partial charge in [-0.25, -0.2) is 17.6 Å². The summed E-state index contributed by atoms with van der Waals surface area (Å²) in [5.74, 6) is -13.9. The average Bonchev–Trinajstić information content (AvgIpc) is 3.58. The largest absolute Gasteiger partial charge is 0.481 e. The van der Waals surface area contributed by atoms with E-state index in [9.17, 15) is 47.0 Å². The molecule has 0 aromatic heterocycles. The molecule has 10 nitrogen and oxygen atoms in total. The average molecular weight is 795 g/mol. The van der Waals surface area contributed by atoms with Crippen molar-refractivity contribution in [2.45, 2.75) is 204 Å². The van der Waals surface area contributed by atoms with Crippen molar-refractivity contribution in [1.82, 2.24) is 0 Å². The quantitative estimate of drug-likeness (QED) is 0.0614. The Hall–Kier alpha value is -2.16. The molecule has 4 fully saturated rings. The number of Topliss-reactive ketones (excluding diaryl/α,β-unsaturated/α-hetero) is 2. The molecular weight excluding hydrogens is 728 g/mol. The summed E-state index contributed by atoms with van der Waals surface area (Å²) in [6.07, 6.45) is 7.95. The van der Waals surface area contributed by atoms with Gasteiger partial charge >= 0.3 is 23.8 Å². The number of ether oxygens (including phenoxy) is 2. The molecule has 4 rings (SSSR count). The summed E-state index contributed by atoms with van der Waals surface area (Å²) in [5, 5.41) is 38.2. The fourth-order valence-electron chi connectivity index (χ4n) is 8.99. The Morgan fingerprint density at radius 1 is 0.709 bits per heavy atom. The summed E-state index contributed by atoms with van der Waals surface area (Å²) in [5.41, 5.74) is 0. The van der Waals surface area contributed by atoms with Crippen LogP contribution in [0.4, 0.5) is 17.6 Å². The van der Waals surface area contributed by atoms with E-state index in [1.807, 2.05) is 13.8 Å². The van der Waals surface area contributed by atoms with Crippen molar-refractivity contribution in [1.29, 1.82) is 0 Å². The van der Waals surface area contributed by atoms with Gasteiger partial charge in [0.15, 0.2) is 0 Å². The van der Waals surface area contributed by atoms with Gasteiger partial charge < -0.3 is 29.9 Å². The first-order valence-electron chi connectivity index (χ1n) is 20.8. The van der Waals surface area contributed by atoms with E-state index in [2.05, 4.69) is 0 Å². The molecule has 4 N–H and O–H groups in total. The number of carbonyl (C=O) groups is 4. The first-order chi connectivity index (χ1) is 25.8. The van der Waals surface area contributed by atoms with Gasteiger partial charge in [0.25, 0.3) is 0 Å². The van der Waals surface area contributed by atoms with Crippen LogP contribution in [0.5, 0.6) is 0 Å². The maximum atomic E-state index is 14.7. The van der Waals surface area contributed by atoms with Gasteiger partial charge in [-0.15, -0.1) is 0 Å². The molecule has 55 heavy (non-hydrogen) atoms. The molecule has 2 aliphatic heterocycles. The molecule has 2 saturated heterocycles. The Bertz CT molecular complexity index is 1270. The van der Waals surface area contributed by atoms with Crippen molar-refractivity contribution in [3.05, 3.63) is 0 Å². The normalized spacial score (nSPS) is 31.4. The van der Waals surface area contributed by atoms with Crippen LogP contribution < -0.4 is 0 Å². The number of rotatable bonds is 22. The summed E-state index contributed by atoms with van der Waals surface area (Å²) < 4.78 is 69.1. The number of hydrogen-bond acceptors (Lipinski definition) is 8. The lowest BCUT2D eigenvalue weighted by Crippen LogP contribution is -2.56. The van der Waals surface area contributed by atoms with Gasteiger partial charge in [0.05, 0.1) is 12.2 Å². The molecule has 2 heterocycles. The third kappa shape index (κ3) is 12.9. The summed E-state index contributed by atoms with van der Waals surface area (Å²) in [7, 11) is 0. The van der Waals surface area contributed by atoms with Gasteiger partial charge in [0.1, 0.15) is 11.6 Å². The molecule has 0 spiro atoms. The number of unbranched alkanes of at least 4 members (excludes halogenated alkanes) is 7. The minimum Gasteiger partial charge on any atom is -0.481 e. The molecule has 14 heteroatoms. The number of aliphatic carboxylic acids is 2. The predicted molar refractivity (Wildman–Crippen MR) is 195 cm³/mol. The smallest absolute Gasteiger partial charge is 0.303 e. The molecule has 0 aromatic carbocycles. The fraction of sp³-hybridized carbons (Fsp3) is 0.902. The van der Waals surface area contributed by atoms with Crippen LogP contribution in [-0.2, 0) is 28.7 Å². The monoisotopic (exact) mass is 794 g/mol. The number of halogens is 4. The molecule has 318 valence electrons. The van der Waals surface area contributed by atoms with E-state index in [0.29, 0.717) is 57.8 Å². The third-order valence-electron chi connectivity index (χ3n) is 12.5. The lowest BCUT2D eigenvalue weighted by Gasteiger charge is -2.44. The molecule has 0 bridgehead atoms. The van der Waals surface area contributed by atoms with Gasteiger partial charge in [0, 0.05) is 63.2 Å². The lowest BCUT2D eigenvalue weighted by molar-refractivity contribution is -0.358. The van der Waals surface area contributed by atoms with Crippen LogP contribution in [0.1, 0.15) is 168 Å². The van der Waals surface area contributed by atoms with Crippen LogP contribution in [0.3, 0.4) is 0 Å². The van der Waals surface area contributed by atoms with Gasteiger partial charge in [-0.1, -0.05) is 72.1 Å². The minimum atomic E-state index is -3.33. The zero-order chi connectivity index (χ0) is 41.0. The van der Waals surface area contributed by atoms with Crippen LogP contribution in [-0.4, -0.2) is 79.6 Å². The van der Waals surface area contributed by atoms with Gasteiger partial charge in [0.2, 0.25) is 11.6 Å². The van der Waals surface area contributed by atoms with Crippen molar-refractivity contribution in [3.8, 4) is 0 Å². The van der Waals surface area contributed by atoms with E-state index in [0.717, 1.165) is 38.5 Å². The van der Waals surface area contributed by atoms with Crippen LogP contribution in [0.25, 0.3) is 0 Å². The topological polar surface area (TPSA) is 168 Å². The Morgan fingerprint density at radius 2 is 1.13 bits per heavy atom. The summed E-state index contributed by atoms with van der Waals surface area (Å²) in [6, 6.07) is 0. The van der Waals surface area contributed by atoms with E-state index in [4.69, 9.17) is 19.7 Å². The van der Waals surface area contributed by atoms with E-state index in [-0.39, 0.29) is 79.7 Å². The Labute approximate surface area is 323 Å². The number of carbonyl (C=O) groups excluding carboxylic acids is 2. The summed E-state index contributed by atoms with van der Waals surface area (Å²) in [4.78, 5) is 45.8. The Balaban J connectivity index is 0.000000296. The predicted octanol–water partition coefficient (Wildman–Crippen LogP) is 8.87. The van der Waals surface area contributed by atoms with E-state index in [1.54, 1.807) is 6.92 Å². The fourth-order valence-corrected chi connectivity index (χ4v) is 8.99. The third-order valence-corrected chi connectivity index (χ3v) is 12.5. The maximum absolute atomic E-state index is 14.7. The second kappa shape index (κ2) is 21.0. The number of aliphatic hydroxyl groups is 2. The first kappa shape index (κ1) is 47.2. The van der Waals surface area contributed by atoms with Crippen molar-refractivity contribution in [2.24, 2.45) is 29.6 Å². The molecule has 0 radical (unpaired) electrons. The van der Waals surface area contributed by atoms with Crippen molar-refractivity contribution >= 4 is 23.5 Å². The SMILES string of the molecule is CCCCC(F)(F)C1(O)CC[C@@H]2C(CCCCCCC(=O)O)C(=O)C[C@H]2O1.CC[C@H](C)CC(F)(F)C1(O)CC[C@@H]2C(CCCCCCC(=O)O)C(=O)C[C@H]2O1. The highest BCUT2D eigenvalue weighted by atomic mass is 19.3. The molecule has 9 atom stereocenters. The standard InChI is InChI=1S/C21H34F2O5.C20H32F2O5/c1-3-14(2)13-20(22,23)21(27)11-10-16-15(17(24)12-18(16)28-21)8-6-4-5-7-9-19(25)26;1-2-3-11-19(21,22)20(26)12-10-15-14(16(23)13-17(15)27-20)8-6-4-5-7-9-18(24)25/h14-16,18,27H,3-13H2,1-2H3,(H,25,26);14-15,17,26H,2-13H2,1H3,(H,24,25)/t14-,15?,16+,18+,21?;14?,15-,17-,20?/m01/s1. The number of hydrogen-bond donors (Lipinski definition) is 4. The minimum absolute atomic E-state index is 0.0371. The molecule has 2 saturated carbocycles. The van der Waals surface area contributed by atoms with Gasteiger partial charge in [-0.2, -0.15) is 0 Å². The number of carboxylic acid groups (broad SMARTS) is 2. The van der Waals surface area contributed by atoms with Crippen molar-refractivity contribution in [3.63, 3.8) is 0 Å². The first-order valence-corrected chi connectivity index (χ1v) is 20.8. The molecule has 2 aliphatic carbocycles. The lowest BCUT2D eigenvalue weighted by atomic mass is 9.81. The summed E-state index contributed by atoms with van der Waals surface area (Å²) >= 11 is 0. The number of alkyl halides is 4. The second-order valence-electron chi connectivity index (χ2n) is 16.8. The molecule has 0 aromatic rings. The highest BCUT2D eigenvalue weighted by molar-refractivity contribution is 5.85. The highest BCUT2D eigenvalue weighted by Gasteiger charge is 2.61. The number of ketones is 2. The molecular formula is C41H66F4O10. The van der Waals surface area contributed by atoms with Crippen molar-refractivity contribution in [2.75, 3.05) is 0 Å². The second-order valence-corrected chi connectivity index (χ2v) is 16.8. The number of fused-ring (bicyclic) bond motifs is 2. The zero-order valence-electron chi connectivity index (χ0n) is 33.1. The Morgan fingerprint density at radius 3 is 1.53 bits per heavy atom. The van der Waals surface area contributed by atoms with E-state index in [1.165, 1.54) is 0 Å². The van der Waals surface area contributed by atoms with Crippen LogP contribution in [0.2, 0.25) is 0 Å².